The zero-order chi connectivity index (χ0) is 20.4. The number of ketones is 1. The molecule has 5 heteroatoms. The predicted octanol–water partition coefficient (Wildman–Crippen LogP) is 3.63. The van der Waals surface area contributed by atoms with Crippen molar-refractivity contribution in [2.75, 3.05) is 0 Å². The summed E-state index contributed by atoms with van der Waals surface area (Å²) in [7, 11) is 0. The Kier molecular flexibility index (Phi) is 5.14. The number of aromatic hydroxyl groups is 1. The van der Waals surface area contributed by atoms with Crippen LogP contribution in [0.5, 0.6) is 5.88 Å². The largest absolute Gasteiger partial charge is 0.494 e. The van der Waals surface area contributed by atoms with E-state index in [1.165, 1.54) is 6.92 Å². The van der Waals surface area contributed by atoms with Gasteiger partial charge in [0, 0.05) is 5.56 Å². The molecule has 0 unspecified atom stereocenters. The van der Waals surface area contributed by atoms with Crippen molar-refractivity contribution in [1.82, 2.24) is 4.57 Å². The lowest BCUT2D eigenvalue weighted by Crippen LogP contribution is -2.27. The van der Waals surface area contributed by atoms with Crippen LogP contribution in [0.15, 0.2) is 53.3 Å². The van der Waals surface area contributed by atoms with Gasteiger partial charge in [0.05, 0.1) is 12.1 Å². The van der Waals surface area contributed by atoms with Crippen molar-refractivity contribution >= 4 is 5.78 Å². The number of pyridine rings is 1. The predicted molar refractivity (Wildman–Crippen MR) is 107 cm³/mol. The van der Waals surface area contributed by atoms with Crippen LogP contribution in [0.3, 0.4) is 0 Å². The van der Waals surface area contributed by atoms with Gasteiger partial charge in [0.1, 0.15) is 11.6 Å². The summed E-state index contributed by atoms with van der Waals surface area (Å²) < 4.78 is 1.09. The minimum absolute atomic E-state index is 0.0161. The molecule has 1 N–H and O–H groups in total. The Morgan fingerprint density at radius 3 is 2.32 bits per heavy atom. The summed E-state index contributed by atoms with van der Waals surface area (Å²) >= 11 is 0. The highest BCUT2D eigenvalue weighted by atomic mass is 16.3. The molecule has 3 aromatic rings. The van der Waals surface area contributed by atoms with E-state index in [9.17, 15) is 20.0 Å². The molecular weight excluding hydrogens is 352 g/mol. The van der Waals surface area contributed by atoms with Crippen molar-refractivity contribution in [1.29, 1.82) is 5.26 Å². The van der Waals surface area contributed by atoms with Crippen molar-refractivity contribution in [2.24, 2.45) is 0 Å². The molecule has 0 radical (unpaired) electrons. The Hall–Kier alpha value is -3.65. The van der Waals surface area contributed by atoms with Crippen LogP contribution in [0.25, 0.3) is 0 Å². The Balaban J connectivity index is 2.22. The number of rotatable bonds is 4. The van der Waals surface area contributed by atoms with E-state index in [0.717, 1.165) is 21.3 Å². The van der Waals surface area contributed by atoms with Crippen LogP contribution in [-0.2, 0) is 6.54 Å². The highest BCUT2D eigenvalue weighted by Gasteiger charge is 2.25. The first kappa shape index (κ1) is 19.1. The lowest BCUT2D eigenvalue weighted by atomic mass is 9.94. The second kappa shape index (κ2) is 7.53. The van der Waals surface area contributed by atoms with Gasteiger partial charge in [0.25, 0.3) is 5.56 Å². The Bertz CT molecular complexity index is 1170. The van der Waals surface area contributed by atoms with E-state index in [0.29, 0.717) is 5.56 Å². The number of aryl methyl sites for hydroxylation is 2. The molecule has 0 atom stereocenters. The lowest BCUT2D eigenvalue weighted by molar-refractivity contribution is 0.103. The smallest absolute Gasteiger partial charge is 0.271 e. The number of carbonyl (C=O) groups excluding carboxylic acids is 1. The molecule has 28 heavy (non-hydrogen) atoms. The summed E-state index contributed by atoms with van der Waals surface area (Å²) in [5.74, 6) is -0.836. The molecule has 0 aliphatic carbocycles. The summed E-state index contributed by atoms with van der Waals surface area (Å²) in [5, 5.41) is 20.3. The molecule has 0 amide bonds. The number of benzene rings is 2. The molecule has 1 heterocycles. The van der Waals surface area contributed by atoms with E-state index < -0.39 is 17.2 Å². The maximum atomic E-state index is 13.2. The van der Waals surface area contributed by atoms with E-state index in [1.807, 2.05) is 43.3 Å². The number of carbonyl (C=O) groups is 1. The first-order valence-electron chi connectivity index (χ1n) is 8.87. The van der Waals surface area contributed by atoms with Gasteiger partial charge < -0.3 is 5.11 Å². The first-order chi connectivity index (χ1) is 13.3. The average molecular weight is 372 g/mol. The molecule has 0 fully saturated rings. The third-order valence-electron chi connectivity index (χ3n) is 4.88. The van der Waals surface area contributed by atoms with Crippen LogP contribution in [0.1, 0.15) is 43.7 Å². The zero-order valence-electron chi connectivity index (χ0n) is 16.0. The standard InChI is InChI=1S/C23H20N2O3/c1-14-8-10-17(11-9-14)13-25-22(27)19(12-24)16(3)20(23(25)28)21(26)18-7-5-4-6-15(18)2/h4-11,28H,13H2,1-3H3. The fourth-order valence-electron chi connectivity index (χ4n) is 3.21. The molecule has 5 nitrogen and oxygen atoms in total. The SMILES string of the molecule is Cc1ccc(Cn2c(O)c(C(=O)c3ccccc3C)c(C)c(C#N)c2=O)cc1. The van der Waals surface area contributed by atoms with E-state index >= 15 is 0 Å². The third kappa shape index (κ3) is 3.33. The maximum Gasteiger partial charge on any atom is 0.271 e. The highest BCUT2D eigenvalue weighted by Crippen LogP contribution is 2.26. The number of hydrogen-bond acceptors (Lipinski definition) is 4. The second-order valence-electron chi connectivity index (χ2n) is 6.83. The molecule has 0 saturated heterocycles. The van der Waals surface area contributed by atoms with Crippen molar-refractivity contribution < 1.29 is 9.90 Å². The Labute approximate surface area is 163 Å². The van der Waals surface area contributed by atoms with Crippen molar-refractivity contribution in [3.05, 3.63) is 97.8 Å². The van der Waals surface area contributed by atoms with Gasteiger partial charge in [-0.2, -0.15) is 5.26 Å². The summed E-state index contributed by atoms with van der Waals surface area (Å²) in [6.07, 6.45) is 0. The van der Waals surface area contributed by atoms with Gasteiger partial charge in [-0.3, -0.25) is 14.2 Å². The van der Waals surface area contributed by atoms with E-state index in [-0.39, 0.29) is 23.2 Å². The molecule has 0 bridgehead atoms. The van der Waals surface area contributed by atoms with Gasteiger partial charge in [-0.25, -0.2) is 0 Å². The van der Waals surface area contributed by atoms with Gasteiger partial charge in [0.15, 0.2) is 5.78 Å². The summed E-state index contributed by atoms with van der Waals surface area (Å²) in [6.45, 7) is 5.33. The normalized spacial score (nSPS) is 10.5. The van der Waals surface area contributed by atoms with Gasteiger partial charge in [0.2, 0.25) is 5.88 Å². The molecule has 1 aromatic heterocycles. The fraction of sp³-hybridized carbons (Fsp3) is 0.174. The minimum Gasteiger partial charge on any atom is -0.494 e. The lowest BCUT2D eigenvalue weighted by Gasteiger charge is -2.16. The van der Waals surface area contributed by atoms with Crippen LogP contribution in [0.2, 0.25) is 0 Å². The van der Waals surface area contributed by atoms with E-state index in [1.54, 1.807) is 25.1 Å². The van der Waals surface area contributed by atoms with Gasteiger partial charge in [-0.15, -0.1) is 0 Å². The molecule has 0 spiro atoms. The minimum atomic E-state index is -0.612. The quantitative estimate of drug-likeness (QED) is 0.709. The molecule has 0 saturated carbocycles. The fourth-order valence-corrected chi connectivity index (χ4v) is 3.21. The molecular formula is C23H20N2O3. The molecule has 2 aromatic carbocycles. The number of nitriles is 1. The van der Waals surface area contributed by atoms with Crippen LogP contribution in [-0.4, -0.2) is 15.5 Å². The monoisotopic (exact) mass is 372 g/mol. The van der Waals surface area contributed by atoms with Crippen LogP contribution >= 0.6 is 0 Å². The Morgan fingerprint density at radius 2 is 1.71 bits per heavy atom. The highest BCUT2D eigenvalue weighted by molar-refractivity contribution is 6.12. The maximum absolute atomic E-state index is 13.2. The molecule has 0 aliphatic heterocycles. The summed E-state index contributed by atoms with van der Waals surface area (Å²) in [4.78, 5) is 25.9. The zero-order valence-corrected chi connectivity index (χ0v) is 16.0. The van der Waals surface area contributed by atoms with E-state index in [2.05, 4.69) is 0 Å². The van der Waals surface area contributed by atoms with Gasteiger partial charge >= 0.3 is 0 Å². The average Bonchev–Trinajstić information content (AvgIpc) is 2.67. The molecule has 0 aliphatic rings. The topological polar surface area (TPSA) is 83.1 Å². The van der Waals surface area contributed by atoms with Crippen LogP contribution < -0.4 is 5.56 Å². The molecule has 3 rings (SSSR count). The number of hydrogen-bond donors (Lipinski definition) is 1. The summed E-state index contributed by atoms with van der Waals surface area (Å²) in [6, 6.07) is 16.4. The van der Waals surface area contributed by atoms with Crippen LogP contribution in [0, 0.1) is 32.1 Å². The van der Waals surface area contributed by atoms with Gasteiger partial charge in [-0.1, -0.05) is 54.1 Å². The molecule has 140 valence electrons. The van der Waals surface area contributed by atoms with E-state index in [4.69, 9.17) is 0 Å². The second-order valence-corrected chi connectivity index (χ2v) is 6.83. The Morgan fingerprint density at radius 1 is 1.07 bits per heavy atom. The van der Waals surface area contributed by atoms with Crippen molar-refractivity contribution in [3.8, 4) is 11.9 Å². The van der Waals surface area contributed by atoms with Gasteiger partial charge in [-0.05, 0) is 37.5 Å². The van der Waals surface area contributed by atoms with Crippen molar-refractivity contribution in [3.63, 3.8) is 0 Å². The van der Waals surface area contributed by atoms with Crippen molar-refractivity contribution in [2.45, 2.75) is 27.3 Å². The summed E-state index contributed by atoms with van der Waals surface area (Å²) in [5.41, 5.74) is 2.45. The van der Waals surface area contributed by atoms with Crippen LogP contribution in [0.4, 0.5) is 0 Å². The number of aromatic nitrogens is 1. The number of nitrogens with zero attached hydrogens (tertiary/aromatic N) is 2. The first-order valence-corrected chi connectivity index (χ1v) is 8.87. The third-order valence-corrected chi connectivity index (χ3v) is 4.88.